The fourth-order valence-corrected chi connectivity index (χ4v) is 3.72. The van der Waals surface area contributed by atoms with Gasteiger partial charge < -0.3 is 15.5 Å². The van der Waals surface area contributed by atoms with Gasteiger partial charge in [-0.15, -0.1) is 24.0 Å². The summed E-state index contributed by atoms with van der Waals surface area (Å²) < 4.78 is 0. The van der Waals surface area contributed by atoms with Crippen molar-refractivity contribution >= 4 is 47.2 Å². The van der Waals surface area contributed by atoms with Gasteiger partial charge in [0, 0.05) is 49.0 Å². The lowest BCUT2D eigenvalue weighted by Crippen LogP contribution is -2.44. The van der Waals surface area contributed by atoms with Crippen LogP contribution in [0.3, 0.4) is 0 Å². The van der Waals surface area contributed by atoms with Crippen molar-refractivity contribution in [1.82, 2.24) is 25.8 Å². The van der Waals surface area contributed by atoms with Gasteiger partial charge in [-0.25, -0.2) is 4.98 Å². The molecule has 0 amide bonds. The highest BCUT2D eigenvalue weighted by Crippen LogP contribution is 2.23. The van der Waals surface area contributed by atoms with Crippen LogP contribution in [0.5, 0.6) is 0 Å². The number of hydrogen-bond donors (Lipinski definition) is 3. The summed E-state index contributed by atoms with van der Waals surface area (Å²) in [4.78, 5) is 10.9. The quantitative estimate of drug-likeness (QED) is 0.263. The third-order valence-corrected chi connectivity index (χ3v) is 5.24. The molecule has 2 aromatic carbocycles. The standard InChI is InChI=1S/C21H24ClN7.HI/c1-23-21(24-12-15-4-2-5-16(10-15)20-25-14-26-28-20)27-18-8-9-29(13-18)19-7-3-6-17(22)11-19;/h2-7,10-11,14,18H,8-9,12-13H2,1H3,(H2,23,24,27)(H,25,26,28);1H. The van der Waals surface area contributed by atoms with Crippen molar-refractivity contribution < 1.29 is 0 Å². The molecule has 3 aromatic rings. The Kier molecular flexibility index (Phi) is 7.92. The van der Waals surface area contributed by atoms with Crippen molar-refractivity contribution in [3.63, 3.8) is 0 Å². The van der Waals surface area contributed by atoms with Crippen molar-refractivity contribution in [2.45, 2.75) is 19.0 Å². The Labute approximate surface area is 198 Å². The average molecular weight is 538 g/mol. The van der Waals surface area contributed by atoms with Gasteiger partial charge >= 0.3 is 0 Å². The number of nitrogens with one attached hydrogen (secondary N) is 3. The number of guanidine groups is 1. The monoisotopic (exact) mass is 537 g/mol. The molecule has 1 aliphatic rings. The van der Waals surface area contributed by atoms with Gasteiger partial charge in [-0.3, -0.25) is 10.1 Å². The van der Waals surface area contributed by atoms with Gasteiger partial charge in [0.1, 0.15) is 6.33 Å². The zero-order valence-electron chi connectivity index (χ0n) is 16.7. The van der Waals surface area contributed by atoms with Crippen LogP contribution in [0.1, 0.15) is 12.0 Å². The van der Waals surface area contributed by atoms with Gasteiger partial charge in [0.15, 0.2) is 11.8 Å². The van der Waals surface area contributed by atoms with E-state index >= 15 is 0 Å². The van der Waals surface area contributed by atoms with E-state index in [4.69, 9.17) is 11.6 Å². The smallest absolute Gasteiger partial charge is 0.191 e. The Hall–Kier alpha value is -2.33. The van der Waals surface area contributed by atoms with Crippen molar-refractivity contribution in [3.8, 4) is 11.4 Å². The van der Waals surface area contributed by atoms with Crippen LogP contribution in [0.4, 0.5) is 5.69 Å². The molecule has 30 heavy (non-hydrogen) atoms. The lowest BCUT2D eigenvalue weighted by molar-refractivity contribution is 0.648. The number of aromatic nitrogens is 3. The number of benzene rings is 2. The first-order valence-electron chi connectivity index (χ1n) is 9.63. The number of H-pyrrole nitrogens is 1. The number of aliphatic imine (C=N–C) groups is 1. The fraction of sp³-hybridized carbons (Fsp3) is 0.286. The second kappa shape index (κ2) is 10.6. The molecule has 3 N–H and O–H groups in total. The number of nitrogens with zero attached hydrogens (tertiary/aromatic N) is 4. The minimum atomic E-state index is 0. The molecule has 1 atom stereocenters. The molecule has 4 rings (SSSR count). The molecule has 1 fully saturated rings. The van der Waals surface area contributed by atoms with Crippen molar-refractivity contribution in [2.75, 3.05) is 25.0 Å². The summed E-state index contributed by atoms with van der Waals surface area (Å²) in [7, 11) is 1.80. The molecule has 0 spiro atoms. The lowest BCUT2D eigenvalue weighted by Gasteiger charge is -2.20. The fourth-order valence-electron chi connectivity index (χ4n) is 3.53. The Bertz CT molecular complexity index is 977. The SMILES string of the molecule is CN=C(NCc1cccc(-c2ncn[nH]2)c1)NC1CCN(c2cccc(Cl)c2)C1.I. The third kappa shape index (κ3) is 5.63. The van der Waals surface area contributed by atoms with Crippen LogP contribution in [0.15, 0.2) is 59.9 Å². The molecule has 0 aliphatic carbocycles. The Morgan fingerprint density at radius 2 is 2.13 bits per heavy atom. The minimum absolute atomic E-state index is 0. The molecular weight excluding hydrogens is 513 g/mol. The summed E-state index contributed by atoms with van der Waals surface area (Å²) in [6.07, 6.45) is 2.56. The molecule has 9 heteroatoms. The summed E-state index contributed by atoms with van der Waals surface area (Å²) in [5, 5.41) is 14.5. The van der Waals surface area contributed by atoms with E-state index in [2.05, 4.69) is 53.9 Å². The predicted molar refractivity (Wildman–Crippen MR) is 133 cm³/mol. The van der Waals surface area contributed by atoms with E-state index in [-0.39, 0.29) is 24.0 Å². The van der Waals surface area contributed by atoms with E-state index in [1.54, 1.807) is 7.05 Å². The van der Waals surface area contributed by atoms with Crippen molar-refractivity contribution in [1.29, 1.82) is 0 Å². The number of aromatic amines is 1. The van der Waals surface area contributed by atoms with Crippen LogP contribution < -0.4 is 15.5 Å². The van der Waals surface area contributed by atoms with E-state index in [1.807, 2.05) is 30.3 Å². The summed E-state index contributed by atoms with van der Waals surface area (Å²) in [5.41, 5.74) is 3.32. The zero-order chi connectivity index (χ0) is 20.1. The second-order valence-corrected chi connectivity index (χ2v) is 7.45. The largest absolute Gasteiger partial charge is 0.369 e. The zero-order valence-corrected chi connectivity index (χ0v) is 19.8. The lowest BCUT2D eigenvalue weighted by atomic mass is 10.1. The number of halogens is 2. The van der Waals surface area contributed by atoms with Crippen molar-refractivity contribution in [2.24, 2.45) is 4.99 Å². The Morgan fingerprint density at radius 1 is 1.27 bits per heavy atom. The van der Waals surface area contributed by atoms with Crippen LogP contribution >= 0.6 is 35.6 Å². The van der Waals surface area contributed by atoms with Gasteiger partial charge in [-0.2, -0.15) is 5.10 Å². The Balaban J connectivity index is 0.00000256. The maximum Gasteiger partial charge on any atom is 0.191 e. The number of anilines is 1. The van der Waals surface area contributed by atoms with E-state index < -0.39 is 0 Å². The maximum atomic E-state index is 6.13. The van der Waals surface area contributed by atoms with Gasteiger partial charge in [0.05, 0.1) is 0 Å². The van der Waals surface area contributed by atoms with Gasteiger partial charge in [-0.05, 0) is 36.2 Å². The molecule has 0 bridgehead atoms. The molecule has 1 aliphatic heterocycles. The highest BCUT2D eigenvalue weighted by atomic mass is 127. The number of rotatable bonds is 5. The molecule has 2 heterocycles. The van der Waals surface area contributed by atoms with Crippen LogP contribution in [-0.2, 0) is 6.54 Å². The summed E-state index contributed by atoms with van der Waals surface area (Å²) in [5.74, 6) is 1.56. The highest BCUT2D eigenvalue weighted by molar-refractivity contribution is 14.0. The third-order valence-electron chi connectivity index (χ3n) is 5.00. The second-order valence-electron chi connectivity index (χ2n) is 7.02. The minimum Gasteiger partial charge on any atom is -0.369 e. The first-order valence-corrected chi connectivity index (χ1v) is 10.0. The number of hydrogen-bond acceptors (Lipinski definition) is 4. The Morgan fingerprint density at radius 3 is 2.90 bits per heavy atom. The summed E-state index contributed by atoms with van der Waals surface area (Å²) in [6.45, 7) is 2.59. The first-order chi connectivity index (χ1) is 14.2. The highest BCUT2D eigenvalue weighted by Gasteiger charge is 2.23. The molecule has 1 aromatic heterocycles. The van der Waals surface area contributed by atoms with E-state index in [1.165, 1.54) is 6.33 Å². The van der Waals surface area contributed by atoms with Gasteiger partial charge in [0.25, 0.3) is 0 Å². The molecule has 1 saturated heterocycles. The van der Waals surface area contributed by atoms with Crippen molar-refractivity contribution in [3.05, 3.63) is 65.4 Å². The molecule has 0 radical (unpaired) electrons. The average Bonchev–Trinajstić information content (AvgIpc) is 3.44. The van der Waals surface area contributed by atoms with Crippen LogP contribution in [0, 0.1) is 0 Å². The first kappa shape index (κ1) is 22.4. The van der Waals surface area contributed by atoms with Gasteiger partial charge in [0.2, 0.25) is 0 Å². The molecule has 7 nitrogen and oxygen atoms in total. The summed E-state index contributed by atoms with van der Waals surface area (Å²) in [6, 6.07) is 16.5. The molecule has 158 valence electrons. The van der Waals surface area contributed by atoms with Crippen LogP contribution in [0.25, 0.3) is 11.4 Å². The van der Waals surface area contributed by atoms with Crippen LogP contribution in [0.2, 0.25) is 5.02 Å². The summed E-state index contributed by atoms with van der Waals surface area (Å²) >= 11 is 6.13. The van der Waals surface area contributed by atoms with Crippen LogP contribution in [-0.4, -0.2) is 47.3 Å². The normalized spacial score (nSPS) is 16.3. The topological polar surface area (TPSA) is 81.2 Å². The van der Waals surface area contributed by atoms with Gasteiger partial charge in [-0.1, -0.05) is 35.9 Å². The molecular formula is C21H25ClIN7. The van der Waals surface area contributed by atoms with E-state index in [9.17, 15) is 0 Å². The molecule has 0 saturated carbocycles. The maximum absolute atomic E-state index is 6.13. The molecule has 1 unspecified atom stereocenters. The van der Waals surface area contributed by atoms with E-state index in [0.717, 1.165) is 53.1 Å². The predicted octanol–water partition coefficient (Wildman–Crippen LogP) is 3.69. The van der Waals surface area contributed by atoms with E-state index in [0.29, 0.717) is 12.6 Å².